The monoisotopic (exact) mass is 270 g/mol. The molecule has 0 radical (unpaired) electrons. The molecule has 0 amide bonds. The Morgan fingerprint density at radius 2 is 1.63 bits per heavy atom. The van der Waals surface area contributed by atoms with Gasteiger partial charge in [0.05, 0.1) is 0 Å². The zero-order chi connectivity index (χ0) is 13.5. The van der Waals surface area contributed by atoms with E-state index in [-0.39, 0.29) is 23.1 Å². The van der Waals surface area contributed by atoms with Gasteiger partial charge < -0.3 is 6.92 Å². The van der Waals surface area contributed by atoms with Crippen molar-refractivity contribution in [3.8, 4) is 0 Å². The van der Waals surface area contributed by atoms with Gasteiger partial charge in [-0.1, -0.05) is 65.2 Å². The van der Waals surface area contributed by atoms with E-state index in [4.69, 9.17) is 0 Å². The molecule has 0 saturated heterocycles. The molecule has 0 fully saturated rings. The molecule has 0 aliphatic carbocycles. The van der Waals surface area contributed by atoms with Crippen molar-refractivity contribution in [2.24, 2.45) is 0 Å². The topological polar surface area (TPSA) is 0 Å². The largest absolute Gasteiger partial charge is 2.00 e. The molecule has 0 aliphatic heterocycles. The minimum Gasteiger partial charge on any atom is -0.343 e. The minimum atomic E-state index is 0. The third-order valence-electron chi connectivity index (χ3n) is 2.93. The van der Waals surface area contributed by atoms with E-state index in [9.17, 15) is 0 Å². The van der Waals surface area contributed by atoms with Crippen LogP contribution < -0.4 is 0 Å². The van der Waals surface area contributed by atoms with Crippen molar-refractivity contribution in [2.75, 3.05) is 0 Å². The second-order valence-electron chi connectivity index (χ2n) is 4.76. The molecule has 0 aromatic heterocycles. The Morgan fingerprint density at radius 1 is 0.947 bits per heavy atom. The van der Waals surface area contributed by atoms with Crippen LogP contribution in [-0.2, 0) is 6.42 Å². The van der Waals surface area contributed by atoms with Crippen molar-refractivity contribution in [3.63, 3.8) is 0 Å². The second kappa shape index (κ2) is 18.0. The van der Waals surface area contributed by atoms with Gasteiger partial charge in [0.25, 0.3) is 0 Å². The fraction of sp³-hybridized carbons (Fsp3) is 0.611. The molecule has 104 valence electrons. The average molecular weight is 271 g/mol. The summed E-state index contributed by atoms with van der Waals surface area (Å²) in [7, 11) is 0. The molecule has 1 aromatic carbocycles. The van der Waals surface area contributed by atoms with Crippen LogP contribution in [0.3, 0.4) is 0 Å². The van der Waals surface area contributed by atoms with Gasteiger partial charge in [-0.25, -0.2) is 0 Å². The van der Waals surface area contributed by atoms with E-state index >= 15 is 0 Å². The molecular weight excluding hydrogens is 241 g/mol. The van der Waals surface area contributed by atoms with Crippen LogP contribution in [0.1, 0.15) is 70.8 Å². The number of hydrogen-bond donors (Lipinski definition) is 0. The van der Waals surface area contributed by atoms with E-state index in [1.54, 1.807) is 0 Å². The Hall–Kier alpha value is -0.0138. The third-order valence-corrected chi connectivity index (χ3v) is 2.93. The van der Waals surface area contributed by atoms with Crippen molar-refractivity contribution >= 4 is 23.1 Å². The molecule has 0 saturated carbocycles. The van der Waals surface area contributed by atoms with Crippen molar-refractivity contribution in [1.82, 2.24) is 0 Å². The van der Waals surface area contributed by atoms with E-state index in [1.807, 2.05) is 12.1 Å². The van der Waals surface area contributed by atoms with Crippen molar-refractivity contribution in [2.45, 2.75) is 71.6 Å². The summed E-state index contributed by atoms with van der Waals surface area (Å²) >= 11 is 0. The van der Waals surface area contributed by atoms with Gasteiger partial charge in [-0.2, -0.15) is 42.3 Å². The summed E-state index contributed by atoms with van der Waals surface area (Å²) in [5, 5.41) is 0. The molecule has 0 atom stereocenters. The SMILES string of the molecule is CCCCCCc1[c-]cccc1.[CH2-]CCCCC.[Mg+2]. The maximum absolute atomic E-state index is 3.72. The van der Waals surface area contributed by atoms with Crippen LogP contribution in [0, 0.1) is 13.0 Å². The second-order valence-corrected chi connectivity index (χ2v) is 4.76. The summed E-state index contributed by atoms with van der Waals surface area (Å²) < 4.78 is 0. The summed E-state index contributed by atoms with van der Waals surface area (Å²) in [5.41, 5.74) is 1.36. The zero-order valence-electron chi connectivity index (χ0n) is 13.1. The molecule has 0 aliphatic rings. The van der Waals surface area contributed by atoms with Gasteiger partial charge in [0.15, 0.2) is 0 Å². The van der Waals surface area contributed by atoms with Crippen molar-refractivity contribution in [1.29, 1.82) is 0 Å². The molecule has 1 heteroatoms. The maximum Gasteiger partial charge on any atom is 2.00 e. The summed E-state index contributed by atoms with van der Waals surface area (Å²) in [6.07, 6.45) is 11.6. The molecule has 0 spiro atoms. The van der Waals surface area contributed by atoms with E-state index in [2.05, 4.69) is 39.0 Å². The molecule has 19 heavy (non-hydrogen) atoms. The Kier molecular flexibility index (Phi) is 20.2. The van der Waals surface area contributed by atoms with E-state index in [1.165, 1.54) is 56.9 Å². The maximum atomic E-state index is 3.72. The van der Waals surface area contributed by atoms with Crippen LogP contribution >= 0.6 is 0 Å². The predicted molar refractivity (Wildman–Crippen MR) is 88.4 cm³/mol. The van der Waals surface area contributed by atoms with Crippen LogP contribution in [0.5, 0.6) is 0 Å². The van der Waals surface area contributed by atoms with E-state index in [0.717, 1.165) is 6.42 Å². The number of rotatable bonds is 8. The Morgan fingerprint density at radius 3 is 2.11 bits per heavy atom. The Labute approximate surface area is 137 Å². The first-order chi connectivity index (χ1) is 8.85. The first-order valence-corrected chi connectivity index (χ1v) is 7.60. The Bertz CT molecular complexity index is 239. The summed E-state index contributed by atoms with van der Waals surface area (Å²) in [5.74, 6) is 0. The standard InChI is InChI=1S/C12H17.C6H13.Mg/c1-2-3-4-6-9-12-10-7-5-8-11-12;1-3-5-6-4-2;/h5,7-8,10H,2-4,6,9H2,1H3;1,3-6H2,2H3;/q2*-1;+2. The van der Waals surface area contributed by atoms with Gasteiger partial charge in [0, 0.05) is 0 Å². The van der Waals surface area contributed by atoms with Gasteiger partial charge in [0.1, 0.15) is 0 Å². The Balaban J connectivity index is 0. The summed E-state index contributed by atoms with van der Waals surface area (Å²) in [6.45, 7) is 8.17. The van der Waals surface area contributed by atoms with Gasteiger partial charge >= 0.3 is 23.1 Å². The molecule has 0 unspecified atom stereocenters. The van der Waals surface area contributed by atoms with Gasteiger partial charge in [-0.05, 0) is 0 Å². The number of benzene rings is 1. The number of unbranched alkanes of at least 4 members (excludes halogenated alkanes) is 6. The van der Waals surface area contributed by atoms with Gasteiger partial charge in [0.2, 0.25) is 0 Å². The van der Waals surface area contributed by atoms with Crippen LogP contribution in [0.2, 0.25) is 0 Å². The zero-order valence-corrected chi connectivity index (χ0v) is 14.5. The van der Waals surface area contributed by atoms with Gasteiger partial charge in [-0.15, -0.1) is 0 Å². The van der Waals surface area contributed by atoms with Crippen LogP contribution in [0.4, 0.5) is 0 Å². The van der Waals surface area contributed by atoms with Crippen LogP contribution in [0.15, 0.2) is 24.3 Å². The fourth-order valence-corrected chi connectivity index (χ4v) is 1.76. The number of hydrogen-bond acceptors (Lipinski definition) is 0. The predicted octanol–water partition coefficient (Wildman–Crippen LogP) is 5.63. The van der Waals surface area contributed by atoms with Crippen molar-refractivity contribution in [3.05, 3.63) is 42.8 Å². The molecule has 0 N–H and O–H groups in total. The third kappa shape index (κ3) is 15.9. The first kappa shape index (κ1) is 21.3. The number of aryl methyl sites for hydroxylation is 1. The first-order valence-electron chi connectivity index (χ1n) is 7.60. The quantitative estimate of drug-likeness (QED) is 0.326. The molecule has 0 bridgehead atoms. The average Bonchev–Trinajstić information content (AvgIpc) is 2.43. The molecular formula is C18H30Mg. The van der Waals surface area contributed by atoms with E-state index < -0.39 is 0 Å². The summed E-state index contributed by atoms with van der Waals surface area (Å²) in [4.78, 5) is 0. The molecule has 0 nitrogen and oxygen atoms in total. The summed E-state index contributed by atoms with van der Waals surface area (Å²) in [6, 6.07) is 11.5. The molecule has 0 heterocycles. The van der Waals surface area contributed by atoms with E-state index in [0.29, 0.717) is 0 Å². The smallest absolute Gasteiger partial charge is 0.343 e. The van der Waals surface area contributed by atoms with Crippen molar-refractivity contribution < 1.29 is 0 Å². The molecule has 1 aromatic rings. The minimum absolute atomic E-state index is 0. The van der Waals surface area contributed by atoms with Gasteiger partial charge in [-0.3, -0.25) is 0 Å². The van der Waals surface area contributed by atoms with Crippen LogP contribution in [0.25, 0.3) is 0 Å². The normalized spacial score (nSPS) is 9.21. The van der Waals surface area contributed by atoms with Crippen LogP contribution in [-0.4, -0.2) is 23.1 Å². The molecule has 1 rings (SSSR count). The fourth-order valence-electron chi connectivity index (χ4n) is 1.76.